The van der Waals surface area contributed by atoms with Crippen molar-refractivity contribution in [3.05, 3.63) is 53.2 Å². The molecule has 1 aromatic carbocycles. The molecule has 1 amide bonds. The Kier molecular flexibility index (Phi) is 5.33. The van der Waals surface area contributed by atoms with Gasteiger partial charge in [-0.05, 0) is 18.4 Å². The van der Waals surface area contributed by atoms with Crippen molar-refractivity contribution >= 4 is 45.5 Å². The third-order valence-corrected chi connectivity index (χ3v) is 6.27. The largest absolute Gasteiger partial charge is 0.301 e. The van der Waals surface area contributed by atoms with E-state index in [0.717, 1.165) is 16.1 Å². The van der Waals surface area contributed by atoms with Crippen molar-refractivity contribution in [1.29, 1.82) is 0 Å². The van der Waals surface area contributed by atoms with Crippen LogP contribution in [0.4, 0.5) is 5.13 Å². The fourth-order valence-electron chi connectivity index (χ4n) is 2.31. The molecule has 4 aromatic rings. The Morgan fingerprint density at radius 3 is 2.78 bits per heavy atom. The van der Waals surface area contributed by atoms with E-state index in [1.807, 2.05) is 60.1 Å². The van der Waals surface area contributed by atoms with Gasteiger partial charge in [0.15, 0.2) is 11.0 Å². The number of hydrogen-bond donors (Lipinski definition) is 2. The lowest BCUT2D eigenvalue weighted by molar-refractivity contribution is -0.115. The average molecular weight is 414 g/mol. The van der Waals surface area contributed by atoms with E-state index in [-0.39, 0.29) is 11.2 Å². The number of amides is 1. The van der Waals surface area contributed by atoms with Gasteiger partial charge in [0.1, 0.15) is 0 Å². The fraction of sp³-hybridized carbons (Fsp3) is 0.111. The highest BCUT2D eigenvalue weighted by Crippen LogP contribution is 2.27. The first-order valence-electron chi connectivity index (χ1n) is 8.14. The molecule has 0 fully saturated rings. The first-order chi connectivity index (χ1) is 13.2. The Morgan fingerprint density at radius 2 is 2.00 bits per heavy atom. The van der Waals surface area contributed by atoms with Crippen LogP contribution in [0.5, 0.6) is 0 Å². The van der Waals surface area contributed by atoms with Crippen molar-refractivity contribution < 1.29 is 4.79 Å². The van der Waals surface area contributed by atoms with Crippen LogP contribution in [-0.4, -0.2) is 31.3 Å². The van der Waals surface area contributed by atoms with E-state index in [1.165, 1.54) is 23.1 Å². The second kappa shape index (κ2) is 8.03. The highest BCUT2D eigenvalue weighted by atomic mass is 32.2. The second-order valence-corrected chi connectivity index (χ2v) is 8.71. The molecule has 0 radical (unpaired) electrons. The van der Waals surface area contributed by atoms with E-state index < -0.39 is 0 Å². The van der Waals surface area contributed by atoms with Crippen LogP contribution in [0.1, 0.15) is 6.92 Å². The predicted molar refractivity (Wildman–Crippen MR) is 111 cm³/mol. The summed E-state index contributed by atoms with van der Waals surface area (Å²) < 4.78 is 0. The minimum absolute atomic E-state index is 0.128. The molecule has 0 saturated carbocycles. The van der Waals surface area contributed by atoms with Crippen LogP contribution in [0, 0.1) is 0 Å². The molecule has 3 aromatic heterocycles. The smallest absolute Gasteiger partial charge is 0.239 e. The molecule has 3 heterocycles. The number of carbonyl (C=O) groups excluding carboxylic acids is 1. The first-order valence-corrected chi connectivity index (χ1v) is 10.8. The number of H-pyrrole nitrogens is 1. The Bertz CT molecular complexity index is 1030. The molecular weight excluding hydrogens is 398 g/mol. The third kappa shape index (κ3) is 4.26. The molecule has 0 unspecified atom stereocenters. The maximum Gasteiger partial charge on any atom is 0.239 e. The number of anilines is 1. The molecule has 0 saturated heterocycles. The molecular formula is C18H15N5OS3. The number of thiophene rings is 1. The normalized spacial score (nSPS) is 12.0. The van der Waals surface area contributed by atoms with E-state index in [9.17, 15) is 4.79 Å². The lowest BCUT2D eigenvalue weighted by Crippen LogP contribution is -2.22. The van der Waals surface area contributed by atoms with Crippen molar-refractivity contribution in [2.45, 2.75) is 17.3 Å². The van der Waals surface area contributed by atoms with E-state index >= 15 is 0 Å². The molecule has 0 aliphatic carbocycles. The van der Waals surface area contributed by atoms with Gasteiger partial charge in [-0.1, -0.05) is 48.2 Å². The second-order valence-electron chi connectivity index (χ2n) is 5.60. The summed E-state index contributed by atoms with van der Waals surface area (Å²) in [5.41, 5.74) is 1.88. The third-order valence-electron chi connectivity index (χ3n) is 3.67. The van der Waals surface area contributed by atoms with Gasteiger partial charge < -0.3 is 5.32 Å². The highest BCUT2D eigenvalue weighted by Gasteiger charge is 2.19. The predicted octanol–water partition coefficient (Wildman–Crippen LogP) is 4.78. The molecule has 4 rings (SSSR count). The van der Waals surface area contributed by atoms with Gasteiger partial charge in [0.2, 0.25) is 11.1 Å². The topological polar surface area (TPSA) is 83.6 Å². The summed E-state index contributed by atoms with van der Waals surface area (Å²) in [6, 6.07) is 13.8. The maximum atomic E-state index is 12.5. The zero-order chi connectivity index (χ0) is 18.6. The lowest BCUT2D eigenvalue weighted by atomic mass is 10.2. The van der Waals surface area contributed by atoms with E-state index in [2.05, 4.69) is 25.5 Å². The van der Waals surface area contributed by atoms with Crippen LogP contribution in [-0.2, 0) is 4.79 Å². The summed E-state index contributed by atoms with van der Waals surface area (Å²) in [4.78, 5) is 22.4. The van der Waals surface area contributed by atoms with Gasteiger partial charge in [0, 0.05) is 10.9 Å². The molecule has 1 atom stereocenters. The number of thioether (sulfide) groups is 1. The summed E-state index contributed by atoms with van der Waals surface area (Å²) >= 11 is 4.31. The molecule has 0 bridgehead atoms. The lowest BCUT2D eigenvalue weighted by Gasteiger charge is -2.07. The van der Waals surface area contributed by atoms with Gasteiger partial charge >= 0.3 is 0 Å². The van der Waals surface area contributed by atoms with Crippen molar-refractivity contribution in [2.24, 2.45) is 0 Å². The fourth-order valence-corrected chi connectivity index (χ4v) is 4.42. The van der Waals surface area contributed by atoms with Crippen LogP contribution in [0.15, 0.2) is 58.4 Å². The quantitative estimate of drug-likeness (QED) is 0.445. The zero-order valence-corrected chi connectivity index (χ0v) is 16.7. The van der Waals surface area contributed by atoms with Crippen molar-refractivity contribution in [3.8, 4) is 22.0 Å². The SMILES string of the molecule is C[C@H](Sc1n[nH]c(-c2cccs2)n1)C(=O)Nc1nc(-c2ccccc2)cs1. The number of aromatic nitrogens is 4. The molecule has 27 heavy (non-hydrogen) atoms. The number of aromatic amines is 1. The Labute approximate surface area is 168 Å². The van der Waals surface area contributed by atoms with Gasteiger partial charge in [0.25, 0.3) is 0 Å². The minimum atomic E-state index is -0.346. The van der Waals surface area contributed by atoms with Crippen molar-refractivity contribution in [2.75, 3.05) is 5.32 Å². The van der Waals surface area contributed by atoms with Crippen molar-refractivity contribution in [1.82, 2.24) is 20.2 Å². The van der Waals surface area contributed by atoms with E-state index in [0.29, 0.717) is 16.1 Å². The number of rotatable bonds is 6. The summed E-state index contributed by atoms with van der Waals surface area (Å²) in [5, 5.41) is 14.7. The summed E-state index contributed by atoms with van der Waals surface area (Å²) in [7, 11) is 0. The van der Waals surface area contributed by atoms with Gasteiger partial charge in [-0.25, -0.2) is 9.97 Å². The number of hydrogen-bond acceptors (Lipinski definition) is 7. The van der Waals surface area contributed by atoms with Crippen LogP contribution in [0.3, 0.4) is 0 Å². The molecule has 2 N–H and O–H groups in total. The first kappa shape index (κ1) is 17.9. The molecule has 0 spiro atoms. The Morgan fingerprint density at radius 1 is 1.15 bits per heavy atom. The number of carbonyl (C=O) groups is 1. The Balaban J connectivity index is 1.38. The van der Waals surface area contributed by atoms with E-state index in [4.69, 9.17) is 0 Å². The van der Waals surface area contributed by atoms with E-state index in [1.54, 1.807) is 11.3 Å². The number of nitrogens with zero attached hydrogens (tertiary/aromatic N) is 3. The summed E-state index contributed by atoms with van der Waals surface area (Å²) in [5.74, 6) is 0.587. The van der Waals surface area contributed by atoms with Crippen LogP contribution < -0.4 is 5.32 Å². The summed E-state index contributed by atoms with van der Waals surface area (Å²) in [6.45, 7) is 1.83. The zero-order valence-electron chi connectivity index (χ0n) is 14.2. The molecule has 136 valence electrons. The van der Waals surface area contributed by atoms with Gasteiger partial charge in [-0.2, -0.15) is 0 Å². The minimum Gasteiger partial charge on any atom is -0.301 e. The van der Waals surface area contributed by atoms with Crippen LogP contribution in [0.25, 0.3) is 22.0 Å². The molecule has 0 aliphatic heterocycles. The maximum absolute atomic E-state index is 12.5. The van der Waals surface area contributed by atoms with Crippen LogP contribution >= 0.6 is 34.4 Å². The molecule has 6 nitrogen and oxygen atoms in total. The van der Waals surface area contributed by atoms with Crippen LogP contribution in [0.2, 0.25) is 0 Å². The van der Waals surface area contributed by atoms with Crippen molar-refractivity contribution in [3.63, 3.8) is 0 Å². The Hall–Kier alpha value is -2.49. The average Bonchev–Trinajstić information content (AvgIpc) is 3.44. The molecule has 0 aliphatic rings. The standard InChI is InChI=1S/C18H15N5OS3/c1-11(27-18-20-15(22-23-18)14-8-5-9-25-14)16(24)21-17-19-13(10-26-17)12-6-3-2-4-7-12/h2-11H,1H3,(H,19,21,24)(H,20,22,23)/t11-/m0/s1. The number of nitrogens with one attached hydrogen (secondary N) is 2. The summed E-state index contributed by atoms with van der Waals surface area (Å²) in [6.07, 6.45) is 0. The van der Waals surface area contributed by atoms with Gasteiger partial charge in [0.05, 0.1) is 15.8 Å². The monoisotopic (exact) mass is 413 g/mol. The highest BCUT2D eigenvalue weighted by molar-refractivity contribution is 8.00. The van der Waals surface area contributed by atoms with Gasteiger partial charge in [-0.3, -0.25) is 9.89 Å². The van der Waals surface area contributed by atoms with Gasteiger partial charge in [-0.15, -0.1) is 27.8 Å². The number of benzene rings is 1. The molecule has 9 heteroatoms. The number of thiazole rings is 1.